The molecule has 1 aliphatic carbocycles. The molecule has 0 heterocycles. The van der Waals surface area contributed by atoms with Crippen LogP contribution < -0.4 is 11.1 Å². The molecule has 4 nitrogen and oxygen atoms in total. The second-order valence-corrected chi connectivity index (χ2v) is 5.95. The van der Waals surface area contributed by atoms with Crippen molar-refractivity contribution in [1.82, 2.24) is 5.32 Å². The van der Waals surface area contributed by atoms with E-state index >= 15 is 0 Å². The summed E-state index contributed by atoms with van der Waals surface area (Å²) in [7, 11) is 0. The summed E-state index contributed by atoms with van der Waals surface area (Å²) in [5, 5.41) is 12.2. The van der Waals surface area contributed by atoms with Crippen LogP contribution in [0, 0.1) is 5.92 Å². The Labute approximate surface area is 101 Å². The Bertz CT molecular complexity index is 246. The molecular weight excluding hydrogens is 224 g/mol. The van der Waals surface area contributed by atoms with E-state index in [2.05, 4.69) is 5.32 Å². The van der Waals surface area contributed by atoms with E-state index in [-0.39, 0.29) is 18.4 Å². The summed E-state index contributed by atoms with van der Waals surface area (Å²) in [6.07, 6.45) is 2.28. The summed E-state index contributed by atoms with van der Waals surface area (Å²) < 4.78 is 0. The molecule has 0 spiro atoms. The third-order valence-corrected chi connectivity index (χ3v) is 4.33. The van der Waals surface area contributed by atoms with Gasteiger partial charge < -0.3 is 16.2 Å². The lowest BCUT2D eigenvalue weighted by Gasteiger charge is -2.27. The molecule has 0 aromatic rings. The lowest BCUT2D eigenvalue weighted by molar-refractivity contribution is -0.123. The molecule has 94 valence electrons. The summed E-state index contributed by atoms with van der Waals surface area (Å²) in [6, 6.07) is 0.466. The van der Waals surface area contributed by atoms with E-state index in [1.165, 1.54) is 0 Å². The molecule has 1 saturated carbocycles. The van der Waals surface area contributed by atoms with Gasteiger partial charge >= 0.3 is 0 Å². The van der Waals surface area contributed by atoms with Gasteiger partial charge in [-0.2, -0.15) is 11.8 Å². The molecule has 1 amide bonds. The molecule has 2 atom stereocenters. The Morgan fingerprint density at radius 2 is 2.31 bits per heavy atom. The maximum Gasteiger partial charge on any atom is 0.238 e. The van der Waals surface area contributed by atoms with Crippen LogP contribution in [0.15, 0.2) is 0 Å². The number of carbonyl (C=O) groups excluding carboxylic acids is 1. The van der Waals surface area contributed by atoms with Crippen LogP contribution in [0.25, 0.3) is 0 Å². The quantitative estimate of drug-likeness (QED) is 0.577. The Morgan fingerprint density at radius 3 is 2.75 bits per heavy atom. The summed E-state index contributed by atoms with van der Waals surface area (Å²) in [5.41, 5.74) is 4.82. The van der Waals surface area contributed by atoms with Crippen LogP contribution >= 0.6 is 11.8 Å². The Hall–Kier alpha value is -0.260. The average molecular weight is 246 g/mol. The SMILES string of the molecule is CC(CO)CSCC(C)(NC1CC1)C(N)=O. The molecular formula is C11H22N2O2S. The van der Waals surface area contributed by atoms with Crippen molar-refractivity contribution in [3.63, 3.8) is 0 Å². The van der Waals surface area contributed by atoms with Crippen molar-refractivity contribution in [2.45, 2.75) is 38.3 Å². The average Bonchev–Trinajstić information content (AvgIpc) is 3.01. The number of rotatable bonds is 8. The molecule has 0 bridgehead atoms. The summed E-state index contributed by atoms with van der Waals surface area (Å²) in [4.78, 5) is 11.4. The second kappa shape index (κ2) is 5.89. The van der Waals surface area contributed by atoms with Crippen molar-refractivity contribution in [2.75, 3.05) is 18.1 Å². The van der Waals surface area contributed by atoms with Gasteiger partial charge in [0, 0.05) is 18.4 Å². The first-order valence-electron chi connectivity index (χ1n) is 5.74. The predicted octanol–water partition coefficient (Wildman–Crippen LogP) is 0.344. The molecule has 16 heavy (non-hydrogen) atoms. The van der Waals surface area contributed by atoms with Crippen LogP contribution in [0.1, 0.15) is 26.7 Å². The van der Waals surface area contributed by atoms with E-state index in [9.17, 15) is 4.79 Å². The van der Waals surface area contributed by atoms with Gasteiger partial charge in [0.15, 0.2) is 0 Å². The van der Waals surface area contributed by atoms with Gasteiger partial charge in [-0.25, -0.2) is 0 Å². The molecule has 0 aromatic heterocycles. The van der Waals surface area contributed by atoms with Crippen molar-refractivity contribution in [3.05, 3.63) is 0 Å². The zero-order valence-corrected chi connectivity index (χ0v) is 10.8. The largest absolute Gasteiger partial charge is 0.396 e. The normalized spacial score (nSPS) is 21.4. The fraction of sp³-hybridized carbons (Fsp3) is 0.909. The van der Waals surface area contributed by atoms with Crippen LogP contribution in [-0.4, -0.2) is 40.7 Å². The topological polar surface area (TPSA) is 75.3 Å². The van der Waals surface area contributed by atoms with Crippen molar-refractivity contribution >= 4 is 17.7 Å². The zero-order valence-electron chi connectivity index (χ0n) is 10.0. The van der Waals surface area contributed by atoms with E-state index in [0.717, 1.165) is 18.6 Å². The second-order valence-electron chi connectivity index (χ2n) is 4.92. The van der Waals surface area contributed by atoms with Crippen molar-refractivity contribution < 1.29 is 9.90 Å². The van der Waals surface area contributed by atoms with Gasteiger partial charge in [0.2, 0.25) is 5.91 Å². The molecule has 0 aromatic carbocycles. The number of hydrogen-bond donors (Lipinski definition) is 3. The smallest absolute Gasteiger partial charge is 0.238 e. The predicted molar refractivity (Wildman–Crippen MR) is 67.3 cm³/mol. The number of carbonyl (C=O) groups is 1. The Balaban J connectivity index is 2.34. The molecule has 1 aliphatic rings. The highest BCUT2D eigenvalue weighted by molar-refractivity contribution is 7.99. The Kier molecular flexibility index (Phi) is 5.08. The molecule has 1 fully saturated rings. The van der Waals surface area contributed by atoms with E-state index in [1.807, 2.05) is 13.8 Å². The van der Waals surface area contributed by atoms with Gasteiger partial charge in [0.25, 0.3) is 0 Å². The number of aliphatic hydroxyl groups excluding tert-OH is 1. The van der Waals surface area contributed by atoms with Gasteiger partial charge in [-0.15, -0.1) is 0 Å². The highest BCUT2D eigenvalue weighted by Crippen LogP contribution is 2.24. The number of hydrogen-bond acceptors (Lipinski definition) is 4. The van der Waals surface area contributed by atoms with Crippen LogP contribution in [-0.2, 0) is 4.79 Å². The monoisotopic (exact) mass is 246 g/mol. The maximum atomic E-state index is 11.4. The number of amides is 1. The van der Waals surface area contributed by atoms with Gasteiger partial charge in [-0.1, -0.05) is 6.92 Å². The summed E-state index contributed by atoms with van der Waals surface area (Å²) in [5.74, 6) is 1.50. The molecule has 0 aliphatic heterocycles. The Morgan fingerprint density at radius 1 is 1.69 bits per heavy atom. The number of primary amides is 1. The van der Waals surface area contributed by atoms with Gasteiger partial charge in [0.05, 0.1) is 0 Å². The number of nitrogens with one attached hydrogen (secondary N) is 1. The third-order valence-electron chi connectivity index (χ3n) is 2.75. The molecule has 5 heteroatoms. The highest BCUT2D eigenvalue weighted by atomic mass is 32.2. The van der Waals surface area contributed by atoms with Crippen LogP contribution in [0.4, 0.5) is 0 Å². The third kappa shape index (κ3) is 4.31. The minimum atomic E-state index is -0.610. The fourth-order valence-corrected chi connectivity index (χ4v) is 2.64. The first kappa shape index (κ1) is 13.8. The minimum absolute atomic E-state index is 0.191. The van der Waals surface area contributed by atoms with E-state index in [0.29, 0.717) is 11.8 Å². The number of aliphatic hydroxyl groups is 1. The van der Waals surface area contributed by atoms with Crippen LogP contribution in [0.5, 0.6) is 0 Å². The summed E-state index contributed by atoms with van der Waals surface area (Å²) >= 11 is 1.67. The van der Waals surface area contributed by atoms with Gasteiger partial charge in [0.1, 0.15) is 5.54 Å². The standard InChI is InChI=1S/C11H22N2O2S/c1-8(5-14)6-16-7-11(2,10(12)15)13-9-3-4-9/h8-9,13-14H,3-7H2,1-2H3,(H2,12,15). The maximum absolute atomic E-state index is 11.4. The first-order valence-corrected chi connectivity index (χ1v) is 6.89. The van der Waals surface area contributed by atoms with E-state index < -0.39 is 5.54 Å². The summed E-state index contributed by atoms with van der Waals surface area (Å²) in [6.45, 7) is 4.05. The highest BCUT2D eigenvalue weighted by Gasteiger charge is 2.36. The van der Waals surface area contributed by atoms with Crippen molar-refractivity contribution in [1.29, 1.82) is 0 Å². The first-order chi connectivity index (χ1) is 7.48. The molecule has 1 rings (SSSR count). The van der Waals surface area contributed by atoms with Gasteiger partial charge in [-0.3, -0.25) is 4.79 Å². The molecule has 4 N–H and O–H groups in total. The number of nitrogens with two attached hydrogens (primary N) is 1. The number of thioether (sulfide) groups is 1. The molecule has 0 saturated heterocycles. The van der Waals surface area contributed by atoms with E-state index in [1.54, 1.807) is 11.8 Å². The van der Waals surface area contributed by atoms with E-state index in [4.69, 9.17) is 10.8 Å². The van der Waals surface area contributed by atoms with Crippen LogP contribution in [0.2, 0.25) is 0 Å². The molecule has 0 radical (unpaired) electrons. The lowest BCUT2D eigenvalue weighted by atomic mass is 10.1. The van der Waals surface area contributed by atoms with Gasteiger partial charge in [-0.05, 0) is 31.4 Å². The van der Waals surface area contributed by atoms with Crippen molar-refractivity contribution in [3.8, 4) is 0 Å². The lowest BCUT2D eigenvalue weighted by Crippen LogP contribution is -2.56. The fourth-order valence-electron chi connectivity index (χ4n) is 1.38. The van der Waals surface area contributed by atoms with Crippen LogP contribution in [0.3, 0.4) is 0 Å². The molecule has 2 unspecified atom stereocenters. The zero-order chi connectivity index (χ0) is 12.2. The van der Waals surface area contributed by atoms with Crippen molar-refractivity contribution in [2.24, 2.45) is 11.7 Å². The minimum Gasteiger partial charge on any atom is -0.396 e.